The topological polar surface area (TPSA) is 61.4 Å². The fourth-order valence-corrected chi connectivity index (χ4v) is 3.64. The minimum absolute atomic E-state index is 0.0888. The molecule has 0 radical (unpaired) electrons. The van der Waals surface area contributed by atoms with Gasteiger partial charge in [0.05, 0.1) is 6.17 Å². The summed E-state index contributed by atoms with van der Waals surface area (Å²) in [6.45, 7) is 7.96. The smallest absolute Gasteiger partial charge is 0.221 e. The van der Waals surface area contributed by atoms with Crippen LogP contribution < -0.4 is 10.6 Å². The standard InChI is InChI=1S/C25H52N2O2/c1-5-8-9-10-11-12-13-14-15-16-17-18-19-20-21-22-24(28)26-23(6-2)27-25(4,29)7-3/h23,27,29H,5-22H2,1-4H3,(H,26,28). The molecule has 0 aliphatic heterocycles. The quantitative estimate of drug-likeness (QED) is 0.143. The lowest BCUT2D eigenvalue weighted by atomic mass is 10.0. The fraction of sp³-hybridized carbons (Fsp3) is 0.960. The Morgan fingerprint density at radius 1 is 0.759 bits per heavy atom. The molecular formula is C25H52N2O2. The molecule has 0 saturated carbocycles. The van der Waals surface area contributed by atoms with Gasteiger partial charge in [-0.1, -0.05) is 111 Å². The van der Waals surface area contributed by atoms with Gasteiger partial charge in [-0.05, 0) is 26.2 Å². The number of carbonyl (C=O) groups excluding carboxylic acids is 1. The molecule has 0 rings (SSSR count). The number of nitrogens with one attached hydrogen (secondary N) is 2. The first-order valence-electron chi connectivity index (χ1n) is 12.7. The van der Waals surface area contributed by atoms with E-state index in [-0.39, 0.29) is 12.1 Å². The fourth-order valence-electron chi connectivity index (χ4n) is 3.64. The maximum atomic E-state index is 12.1. The zero-order valence-corrected chi connectivity index (χ0v) is 20.2. The minimum Gasteiger partial charge on any atom is -0.376 e. The number of hydrogen-bond acceptors (Lipinski definition) is 3. The highest BCUT2D eigenvalue weighted by molar-refractivity contribution is 5.76. The molecule has 0 aliphatic carbocycles. The van der Waals surface area contributed by atoms with Gasteiger partial charge in [0.1, 0.15) is 5.72 Å². The van der Waals surface area contributed by atoms with E-state index in [1.807, 2.05) is 13.8 Å². The van der Waals surface area contributed by atoms with E-state index in [9.17, 15) is 9.90 Å². The number of amides is 1. The molecule has 2 atom stereocenters. The van der Waals surface area contributed by atoms with Gasteiger partial charge < -0.3 is 10.4 Å². The van der Waals surface area contributed by atoms with E-state index < -0.39 is 5.72 Å². The van der Waals surface area contributed by atoms with E-state index in [2.05, 4.69) is 17.6 Å². The van der Waals surface area contributed by atoms with Crippen LogP contribution in [0.5, 0.6) is 0 Å². The van der Waals surface area contributed by atoms with Crippen molar-refractivity contribution < 1.29 is 9.90 Å². The Kier molecular flexibility index (Phi) is 19.0. The third-order valence-corrected chi connectivity index (χ3v) is 5.92. The molecule has 174 valence electrons. The van der Waals surface area contributed by atoms with Crippen molar-refractivity contribution in [1.29, 1.82) is 0 Å². The van der Waals surface area contributed by atoms with Crippen molar-refractivity contribution in [1.82, 2.24) is 10.6 Å². The van der Waals surface area contributed by atoms with Crippen LogP contribution in [0.2, 0.25) is 0 Å². The largest absolute Gasteiger partial charge is 0.376 e. The Balaban J connectivity index is 3.44. The van der Waals surface area contributed by atoms with E-state index in [0.717, 1.165) is 19.3 Å². The normalized spacial score (nSPS) is 14.5. The monoisotopic (exact) mass is 412 g/mol. The van der Waals surface area contributed by atoms with Crippen molar-refractivity contribution >= 4 is 5.91 Å². The first-order valence-corrected chi connectivity index (χ1v) is 12.7. The average Bonchev–Trinajstić information content (AvgIpc) is 2.70. The molecule has 0 aromatic rings. The predicted octanol–water partition coefficient (Wildman–Crippen LogP) is 6.81. The molecule has 1 amide bonds. The Bertz CT molecular complexity index is 372. The summed E-state index contributed by atoms with van der Waals surface area (Å²) in [7, 11) is 0. The van der Waals surface area contributed by atoms with E-state index >= 15 is 0 Å². The van der Waals surface area contributed by atoms with E-state index in [1.165, 1.54) is 83.5 Å². The summed E-state index contributed by atoms with van der Waals surface area (Å²) in [6, 6.07) is 0. The lowest BCUT2D eigenvalue weighted by molar-refractivity contribution is -0.122. The van der Waals surface area contributed by atoms with E-state index in [1.54, 1.807) is 6.92 Å². The Morgan fingerprint density at radius 3 is 1.55 bits per heavy atom. The van der Waals surface area contributed by atoms with Gasteiger partial charge in [-0.2, -0.15) is 0 Å². The third-order valence-electron chi connectivity index (χ3n) is 5.92. The lowest BCUT2D eigenvalue weighted by Gasteiger charge is -2.29. The Labute approximate surface area is 182 Å². The van der Waals surface area contributed by atoms with Crippen molar-refractivity contribution in [2.75, 3.05) is 0 Å². The molecule has 0 fully saturated rings. The van der Waals surface area contributed by atoms with Crippen LogP contribution in [0.15, 0.2) is 0 Å². The first kappa shape index (κ1) is 28.4. The van der Waals surface area contributed by atoms with Gasteiger partial charge >= 0.3 is 0 Å². The predicted molar refractivity (Wildman–Crippen MR) is 126 cm³/mol. The second kappa shape index (κ2) is 19.4. The van der Waals surface area contributed by atoms with Crippen LogP contribution in [0.25, 0.3) is 0 Å². The zero-order valence-electron chi connectivity index (χ0n) is 20.2. The van der Waals surface area contributed by atoms with Crippen molar-refractivity contribution in [3.8, 4) is 0 Å². The van der Waals surface area contributed by atoms with Gasteiger partial charge in [0.25, 0.3) is 0 Å². The molecule has 0 heterocycles. The Morgan fingerprint density at radius 2 is 1.17 bits per heavy atom. The second-order valence-electron chi connectivity index (χ2n) is 9.00. The van der Waals surface area contributed by atoms with E-state index in [4.69, 9.17) is 0 Å². The number of unbranched alkanes of at least 4 members (excludes halogenated alkanes) is 14. The summed E-state index contributed by atoms with van der Waals surface area (Å²) in [5.41, 5.74) is -0.928. The molecule has 0 aromatic carbocycles. The molecule has 0 aromatic heterocycles. The van der Waals surface area contributed by atoms with Gasteiger partial charge in [0.2, 0.25) is 5.91 Å². The van der Waals surface area contributed by atoms with Gasteiger partial charge in [0, 0.05) is 6.42 Å². The van der Waals surface area contributed by atoms with E-state index in [0.29, 0.717) is 12.8 Å². The SMILES string of the molecule is CCCCCCCCCCCCCCCCCC(=O)NC(CC)NC(C)(O)CC. The molecule has 2 unspecified atom stereocenters. The van der Waals surface area contributed by atoms with Crippen LogP contribution in [0, 0.1) is 0 Å². The van der Waals surface area contributed by atoms with Gasteiger partial charge in [-0.25, -0.2) is 0 Å². The summed E-state index contributed by atoms with van der Waals surface area (Å²) < 4.78 is 0. The summed E-state index contributed by atoms with van der Waals surface area (Å²) in [6.07, 6.45) is 21.8. The van der Waals surface area contributed by atoms with Gasteiger partial charge in [-0.3, -0.25) is 10.1 Å². The molecule has 0 aliphatic rings. The average molecular weight is 413 g/mol. The number of carbonyl (C=O) groups is 1. The van der Waals surface area contributed by atoms with Crippen molar-refractivity contribution in [3.05, 3.63) is 0 Å². The minimum atomic E-state index is -0.928. The molecular weight excluding hydrogens is 360 g/mol. The summed E-state index contributed by atoms with van der Waals surface area (Å²) in [5, 5.41) is 16.2. The third kappa shape index (κ3) is 19.1. The Hall–Kier alpha value is -0.610. The van der Waals surface area contributed by atoms with Crippen LogP contribution in [0.3, 0.4) is 0 Å². The van der Waals surface area contributed by atoms with Gasteiger partial charge in [0.15, 0.2) is 0 Å². The molecule has 0 spiro atoms. The van der Waals surface area contributed by atoms with Gasteiger partial charge in [-0.15, -0.1) is 0 Å². The molecule has 0 bridgehead atoms. The maximum absolute atomic E-state index is 12.1. The summed E-state index contributed by atoms with van der Waals surface area (Å²) in [5.74, 6) is 0.0888. The molecule has 3 N–H and O–H groups in total. The number of hydrogen-bond donors (Lipinski definition) is 3. The van der Waals surface area contributed by atoms with Crippen LogP contribution in [0.4, 0.5) is 0 Å². The summed E-state index contributed by atoms with van der Waals surface area (Å²) in [4.78, 5) is 12.1. The molecule has 29 heavy (non-hydrogen) atoms. The second-order valence-corrected chi connectivity index (χ2v) is 9.00. The zero-order chi connectivity index (χ0) is 21.8. The lowest BCUT2D eigenvalue weighted by Crippen LogP contribution is -2.54. The van der Waals surface area contributed by atoms with Crippen molar-refractivity contribution in [2.45, 2.75) is 155 Å². The van der Waals surface area contributed by atoms with Crippen molar-refractivity contribution in [3.63, 3.8) is 0 Å². The number of rotatable bonds is 21. The van der Waals surface area contributed by atoms with Crippen molar-refractivity contribution in [2.24, 2.45) is 0 Å². The number of aliphatic hydroxyl groups is 1. The van der Waals surface area contributed by atoms with Crippen LogP contribution in [0.1, 0.15) is 143 Å². The summed E-state index contributed by atoms with van der Waals surface area (Å²) >= 11 is 0. The molecule has 4 heteroatoms. The highest BCUT2D eigenvalue weighted by Gasteiger charge is 2.21. The van der Waals surface area contributed by atoms with Crippen LogP contribution in [-0.2, 0) is 4.79 Å². The maximum Gasteiger partial charge on any atom is 0.221 e. The molecule has 0 saturated heterocycles. The molecule has 4 nitrogen and oxygen atoms in total. The highest BCUT2D eigenvalue weighted by Crippen LogP contribution is 2.14. The highest BCUT2D eigenvalue weighted by atomic mass is 16.3. The van der Waals surface area contributed by atoms with Crippen LogP contribution >= 0.6 is 0 Å². The van der Waals surface area contributed by atoms with Crippen LogP contribution in [-0.4, -0.2) is 22.9 Å². The first-order chi connectivity index (χ1) is 13.9.